The predicted octanol–water partition coefficient (Wildman–Crippen LogP) is 2.78. The monoisotopic (exact) mass is 254 g/mol. The topological polar surface area (TPSA) is 41.1 Å². The summed E-state index contributed by atoms with van der Waals surface area (Å²) in [7, 11) is 1.73. The van der Waals surface area contributed by atoms with E-state index >= 15 is 0 Å². The van der Waals surface area contributed by atoms with Gasteiger partial charge < -0.3 is 10.2 Å². The van der Waals surface area contributed by atoms with Crippen molar-refractivity contribution in [2.45, 2.75) is 27.7 Å². The van der Waals surface area contributed by atoms with Crippen molar-refractivity contribution in [2.24, 2.45) is 11.8 Å². The van der Waals surface area contributed by atoms with Gasteiger partial charge in [0.15, 0.2) is 11.6 Å². The highest BCUT2D eigenvalue weighted by Crippen LogP contribution is 2.19. The van der Waals surface area contributed by atoms with Crippen molar-refractivity contribution in [1.29, 1.82) is 0 Å². The molecular formula is C13H23FN4. The molecule has 4 nitrogen and oxygen atoms in total. The Hall–Kier alpha value is -1.39. The molecular weight excluding hydrogens is 231 g/mol. The first kappa shape index (κ1) is 14.7. The van der Waals surface area contributed by atoms with Gasteiger partial charge in [0.1, 0.15) is 0 Å². The fraction of sp³-hybridized carbons (Fsp3) is 0.692. The van der Waals surface area contributed by atoms with Crippen molar-refractivity contribution in [3.63, 3.8) is 0 Å². The number of hydrogen-bond acceptors (Lipinski definition) is 4. The van der Waals surface area contributed by atoms with Crippen LogP contribution < -0.4 is 10.2 Å². The molecule has 0 aliphatic carbocycles. The van der Waals surface area contributed by atoms with Crippen molar-refractivity contribution >= 4 is 11.8 Å². The fourth-order valence-corrected chi connectivity index (χ4v) is 1.83. The quantitative estimate of drug-likeness (QED) is 0.847. The van der Waals surface area contributed by atoms with E-state index in [0.29, 0.717) is 23.6 Å². The van der Waals surface area contributed by atoms with Crippen LogP contribution >= 0.6 is 0 Å². The lowest BCUT2D eigenvalue weighted by molar-refractivity contribution is 0.529. The maximum atomic E-state index is 13.9. The summed E-state index contributed by atoms with van der Waals surface area (Å²) in [6, 6.07) is 0. The van der Waals surface area contributed by atoms with Gasteiger partial charge in [0.2, 0.25) is 5.95 Å². The Morgan fingerprint density at radius 1 is 1.22 bits per heavy atom. The molecule has 5 heteroatoms. The molecule has 0 aliphatic heterocycles. The lowest BCUT2D eigenvalue weighted by atomic mass is 10.1. The summed E-state index contributed by atoms with van der Waals surface area (Å²) in [6.45, 7) is 10.0. The summed E-state index contributed by atoms with van der Waals surface area (Å²) < 4.78 is 13.9. The third kappa shape index (κ3) is 4.13. The van der Waals surface area contributed by atoms with Crippen LogP contribution in [0.3, 0.4) is 0 Å². The van der Waals surface area contributed by atoms with E-state index in [4.69, 9.17) is 0 Å². The van der Waals surface area contributed by atoms with Crippen molar-refractivity contribution < 1.29 is 4.39 Å². The van der Waals surface area contributed by atoms with Crippen LogP contribution in [0.15, 0.2) is 6.20 Å². The van der Waals surface area contributed by atoms with Crippen molar-refractivity contribution in [2.75, 3.05) is 30.4 Å². The van der Waals surface area contributed by atoms with Crippen LogP contribution in [-0.4, -0.2) is 30.1 Å². The van der Waals surface area contributed by atoms with Gasteiger partial charge in [-0.25, -0.2) is 9.37 Å². The van der Waals surface area contributed by atoms with Crippen LogP contribution in [0, 0.1) is 17.7 Å². The predicted molar refractivity (Wildman–Crippen MR) is 73.4 cm³/mol. The van der Waals surface area contributed by atoms with Gasteiger partial charge in [0, 0.05) is 20.1 Å². The van der Waals surface area contributed by atoms with E-state index in [9.17, 15) is 4.39 Å². The van der Waals surface area contributed by atoms with Gasteiger partial charge in [-0.3, -0.25) is 0 Å². The highest BCUT2D eigenvalue weighted by atomic mass is 19.1. The van der Waals surface area contributed by atoms with Gasteiger partial charge in [-0.2, -0.15) is 4.98 Å². The number of halogens is 1. The van der Waals surface area contributed by atoms with E-state index in [2.05, 4.69) is 43.0 Å². The Morgan fingerprint density at radius 3 is 2.22 bits per heavy atom. The lowest BCUT2D eigenvalue weighted by Gasteiger charge is -2.27. The maximum absolute atomic E-state index is 13.9. The lowest BCUT2D eigenvalue weighted by Crippen LogP contribution is -2.33. The molecule has 1 heterocycles. The molecule has 1 rings (SSSR count). The van der Waals surface area contributed by atoms with Gasteiger partial charge >= 0.3 is 0 Å². The van der Waals surface area contributed by atoms with Gasteiger partial charge in [-0.1, -0.05) is 27.7 Å². The van der Waals surface area contributed by atoms with Crippen LogP contribution in [0.1, 0.15) is 27.7 Å². The summed E-state index contributed by atoms with van der Waals surface area (Å²) in [4.78, 5) is 10.1. The second-order valence-corrected chi connectivity index (χ2v) is 5.31. The van der Waals surface area contributed by atoms with Crippen LogP contribution in [0.4, 0.5) is 16.2 Å². The standard InChI is InChI=1S/C13H23FN4/c1-9(2)7-18(8-10(3)4)12-11(14)6-16-13(15-5)17-12/h6,9-10H,7-8H2,1-5H3,(H,15,16,17). The summed E-state index contributed by atoms with van der Waals surface area (Å²) in [5, 5.41) is 2.84. The Bertz CT molecular complexity index is 369. The number of nitrogens with one attached hydrogen (secondary N) is 1. The van der Waals surface area contributed by atoms with Gasteiger partial charge in [-0.15, -0.1) is 0 Å². The van der Waals surface area contributed by atoms with Crippen molar-refractivity contribution in [3.05, 3.63) is 12.0 Å². The highest BCUT2D eigenvalue weighted by Gasteiger charge is 2.17. The van der Waals surface area contributed by atoms with Crippen LogP contribution in [0.25, 0.3) is 0 Å². The Labute approximate surface area is 109 Å². The molecule has 0 unspecified atom stereocenters. The molecule has 0 saturated heterocycles. The summed E-state index contributed by atoms with van der Waals surface area (Å²) in [5.74, 6) is 1.38. The molecule has 0 atom stereocenters. The number of aromatic nitrogens is 2. The summed E-state index contributed by atoms with van der Waals surface area (Å²) >= 11 is 0. The van der Waals surface area contributed by atoms with Crippen LogP contribution in [-0.2, 0) is 0 Å². The minimum absolute atomic E-state index is 0.365. The number of nitrogens with zero attached hydrogens (tertiary/aromatic N) is 3. The second-order valence-electron chi connectivity index (χ2n) is 5.31. The first-order chi connectivity index (χ1) is 8.43. The molecule has 1 N–H and O–H groups in total. The zero-order valence-electron chi connectivity index (χ0n) is 11.9. The molecule has 0 bridgehead atoms. The summed E-state index contributed by atoms with van der Waals surface area (Å²) in [5.41, 5.74) is 0. The molecule has 1 aromatic heterocycles. The average Bonchev–Trinajstić information content (AvgIpc) is 2.27. The maximum Gasteiger partial charge on any atom is 0.224 e. The first-order valence-electron chi connectivity index (χ1n) is 6.39. The zero-order chi connectivity index (χ0) is 13.7. The molecule has 0 spiro atoms. The third-order valence-electron chi connectivity index (χ3n) is 2.42. The van der Waals surface area contributed by atoms with E-state index in [1.54, 1.807) is 7.05 Å². The molecule has 1 aromatic rings. The molecule has 0 radical (unpaired) electrons. The first-order valence-corrected chi connectivity index (χ1v) is 6.39. The molecule has 0 fully saturated rings. The Morgan fingerprint density at radius 2 is 1.78 bits per heavy atom. The average molecular weight is 254 g/mol. The van der Waals surface area contributed by atoms with Crippen LogP contribution in [0.5, 0.6) is 0 Å². The SMILES string of the molecule is CNc1ncc(F)c(N(CC(C)C)CC(C)C)n1. The minimum Gasteiger partial charge on any atom is -0.357 e. The van der Waals surface area contributed by atoms with E-state index in [1.807, 2.05) is 4.90 Å². The van der Waals surface area contributed by atoms with Gasteiger partial charge in [-0.05, 0) is 11.8 Å². The minimum atomic E-state index is -0.365. The zero-order valence-corrected chi connectivity index (χ0v) is 11.9. The second kappa shape index (κ2) is 6.52. The van der Waals surface area contributed by atoms with Crippen LogP contribution in [0.2, 0.25) is 0 Å². The number of hydrogen-bond donors (Lipinski definition) is 1. The molecule has 102 valence electrons. The fourth-order valence-electron chi connectivity index (χ4n) is 1.83. The highest BCUT2D eigenvalue weighted by molar-refractivity contribution is 5.43. The van der Waals surface area contributed by atoms with E-state index in [-0.39, 0.29) is 5.82 Å². The number of rotatable bonds is 6. The van der Waals surface area contributed by atoms with E-state index in [0.717, 1.165) is 13.1 Å². The number of anilines is 2. The molecule has 0 saturated carbocycles. The van der Waals surface area contributed by atoms with Gasteiger partial charge in [0.25, 0.3) is 0 Å². The van der Waals surface area contributed by atoms with E-state index in [1.165, 1.54) is 6.20 Å². The largest absolute Gasteiger partial charge is 0.357 e. The molecule has 18 heavy (non-hydrogen) atoms. The Balaban J connectivity index is 3.02. The smallest absolute Gasteiger partial charge is 0.224 e. The normalized spacial score (nSPS) is 11.1. The van der Waals surface area contributed by atoms with E-state index < -0.39 is 0 Å². The molecule has 0 aromatic carbocycles. The van der Waals surface area contributed by atoms with Gasteiger partial charge in [0.05, 0.1) is 6.20 Å². The third-order valence-corrected chi connectivity index (χ3v) is 2.42. The van der Waals surface area contributed by atoms with Crippen molar-refractivity contribution in [3.8, 4) is 0 Å². The Kier molecular flexibility index (Phi) is 5.31. The molecule has 0 aliphatic rings. The molecule has 0 amide bonds. The van der Waals surface area contributed by atoms with Crippen molar-refractivity contribution in [1.82, 2.24) is 9.97 Å². The summed E-state index contributed by atoms with van der Waals surface area (Å²) in [6.07, 6.45) is 1.22.